The number of anilines is 1. The predicted octanol–water partition coefficient (Wildman–Crippen LogP) is 2.28. The van der Waals surface area contributed by atoms with Crippen molar-refractivity contribution in [2.75, 3.05) is 11.9 Å². The fourth-order valence-corrected chi connectivity index (χ4v) is 3.25. The number of para-hydroxylation sites is 2. The Kier molecular flexibility index (Phi) is 4.11. The zero-order valence-corrected chi connectivity index (χ0v) is 15.4. The van der Waals surface area contributed by atoms with Gasteiger partial charge in [-0.25, -0.2) is 9.78 Å². The minimum absolute atomic E-state index is 0.263. The number of aryl methyl sites for hydroxylation is 1. The fraction of sp³-hybridized carbons (Fsp3) is 0.200. The van der Waals surface area contributed by atoms with Crippen LogP contribution < -0.4 is 10.6 Å². The molecule has 2 heterocycles. The van der Waals surface area contributed by atoms with Crippen LogP contribution in [0.1, 0.15) is 18.1 Å². The van der Waals surface area contributed by atoms with Gasteiger partial charge in [0.2, 0.25) is 11.9 Å². The zero-order chi connectivity index (χ0) is 19.9. The van der Waals surface area contributed by atoms with Gasteiger partial charge in [0, 0.05) is 0 Å². The highest BCUT2D eigenvalue weighted by Crippen LogP contribution is 2.29. The first-order chi connectivity index (χ1) is 13.4. The first-order valence-electron chi connectivity index (χ1n) is 8.83. The summed E-state index contributed by atoms with van der Waals surface area (Å²) in [5.41, 5.74) is 1.99. The standard InChI is InChI=1S/C20H19N5O3/c1-12-7-9-13(10-8-12)20(2)17(27)25(19(28)24-20)11-16(26)23-18-21-14-5-3-4-6-15(14)22-18/h3-10H,11H2,1-2H3,(H,24,28)(H2,21,22,23,26)/t20-/m1/s1. The van der Waals surface area contributed by atoms with Crippen molar-refractivity contribution < 1.29 is 14.4 Å². The summed E-state index contributed by atoms with van der Waals surface area (Å²) in [5.74, 6) is -0.726. The van der Waals surface area contributed by atoms with Gasteiger partial charge >= 0.3 is 6.03 Å². The number of carbonyl (C=O) groups excluding carboxylic acids is 3. The number of imide groups is 1. The third kappa shape index (κ3) is 2.98. The Balaban J connectivity index is 1.49. The number of aromatic nitrogens is 2. The molecule has 0 radical (unpaired) electrons. The van der Waals surface area contributed by atoms with E-state index in [4.69, 9.17) is 0 Å². The van der Waals surface area contributed by atoms with Gasteiger partial charge in [-0.1, -0.05) is 42.0 Å². The Bertz CT molecular complexity index is 1060. The highest BCUT2D eigenvalue weighted by Gasteiger charge is 2.49. The van der Waals surface area contributed by atoms with Gasteiger partial charge in [0.15, 0.2) is 0 Å². The van der Waals surface area contributed by atoms with Crippen molar-refractivity contribution in [3.63, 3.8) is 0 Å². The normalized spacial score (nSPS) is 19.1. The summed E-state index contributed by atoms with van der Waals surface area (Å²) in [6, 6.07) is 14.1. The van der Waals surface area contributed by atoms with Gasteiger partial charge in [-0.15, -0.1) is 0 Å². The van der Waals surface area contributed by atoms with Crippen molar-refractivity contribution in [2.24, 2.45) is 0 Å². The van der Waals surface area contributed by atoms with Crippen LogP contribution in [0.3, 0.4) is 0 Å². The van der Waals surface area contributed by atoms with Gasteiger partial charge in [0.1, 0.15) is 12.1 Å². The van der Waals surface area contributed by atoms with Gasteiger partial charge in [-0.3, -0.25) is 19.8 Å². The Morgan fingerprint density at radius 2 is 1.86 bits per heavy atom. The summed E-state index contributed by atoms with van der Waals surface area (Å²) in [6.45, 7) is 3.17. The molecule has 142 valence electrons. The van der Waals surface area contributed by atoms with E-state index in [9.17, 15) is 14.4 Å². The number of nitrogens with zero attached hydrogens (tertiary/aromatic N) is 2. The van der Waals surface area contributed by atoms with Crippen molar-refractivity contribution in [1.82, 2.24) is 20.2 Å². The van der Waals surface area contributed by atoms with Crippen molar-refractivity contribution in [2.45, 2.75) is 19.4 Å². The molecule has 4 rings (SSSR count). The van der Waals surface area contributed by atoms with E-state index in [0.29, 0.717) is 11.1 Å². The maximum atomic E-state index is 12.9. The molecule has 2 aromatic carbocycles. The van der Waals surface area contributed by atoms with E-state index in [-0.39, 0.29) is 5.95 Å². The summed E-state index contributed by atoms with van der Waals surface area (Å²) in [6.07, 6.45) is 0. The predicted molar refractivity (Wildman–Crippen MR) is 103 cm³/mol. The van der Waals surface area contributed by atoms with E-state index in [2.05, 4.69) is 20.6 Å². The Morgan fingerprint density at radius 1 is 1.14 bits per heavy atom. The number of carbonyl (C=O) groups is 3. The summed E-state index contributed by atoms with van der Waals surface area (Å²) >= 11 is 0. The molecule has 8 heteroatoms. The molecule has 3 aromatic rings. The van der Waals surface area contributed by atoms with Crippen LogP contribution in [0, 0.1) is 6.92 Å². The number of fused-ring (bicyclic) bond motifs is 1. The van der Waals surface area contributed by atoms with Crippen LogP contribution in [0.25, 0.3) is 11.0 Å². The smallest absolute Gasteiger partial charge is 0.324 e. The van der Waals surface area contributed by atoms with Crippen molar-refractivity contribution in [3.05, 3.63) is 59.7 Å². The van der Waals surface area contributed by atoms with E-state index in [1.165, 1.54) is 0 Å². The molecule has 8 nitrogen and oxygen atoms in total. The number of benzene rings is 2. The van der Waals surface area contributed by atoms with Gasteiger partial charge < -0.3 is 10.3 Å². The molecule has 4 amide bonds. The maximum absolute atomic E-state index is 12.9. The molecule has 1 aromatic heterocycles. The number of aromatic amines is 1. The van der Waals surface area contributed by atoms with Crippen LogP contribution in [0.5, 0.6) is 0 Å². The second-order valence-corrected chi connectivity index (χ2v) is 6.96. The summed E-state index contributed by atoms with van der Waals surface area (Å²) in [7, 11) is 0. The van der Waals surface area contributed by atoms with E-state index in [1.54, 1.807) is 19.1 Å². The minimum Gasteiger partial charge on any atom is -0.324 e. The fourth-order valence-electron chi connectivity index (χ4n) is 3.25. The average molecular weight is 377 g/mol. The molecule has 1 fully saturated rings. The molecule has 0 spiro atoms. The van der Waals surface area contributed by atoms with Gasteiger partial charge in [-0.2, -0.15) is 0 Å². The first-order valence-corrected chi connectivity index (χ1v) is 8.83. The molecule has 1 aliphatic heterocycles. The molecule has 1 atom stereocenters. The summed E-state index contributed by atoms with van der Waals surface area (Å²) in [5, 5.41) is 5.29. The number of hydrogen-bond donors (Lipinski definition) is 3. The highest BCUT2D eigenvalue weighted by molar-refractivity contribution is 6.10. The van der Waals surface area contributed by atoms with Crippen LogP contribution in [0.15, 0.2) is 48.5 Å². The van der Waals surface area contributed by atoms with Crippen molar-refractivity contribution >= 4 is 34.8 Å². The lowest BCUT2D eigenvalue weighted by Crippen LogP contribution is -2.42. The Labute approximate surface area is 160 Å². The van der Waals surface area contributed by atoms with E-state index in [0.717, 1.165) is 16.0 Å². The van der Waals surface area contributed by atoms with Gasteiger partial charge in [-0.05, 0) is 31.5 Å². The Hall–Kier alpha value is -3.68. The third-order valence-electron chi connectivity index (χ3n) is 4.85. The third-order valence-corrected chi connectivity index (χ3v) is 4.85. The first kappa shape index (κ1) is 17.7. The lowest BCUT2D eigenvalue weighted by atomic mass is 9.91. The second-order valence-electron chi connectivity index (χ2n) is 6.96. The summed E-state index contributed by atoms with van der Waals surface area (Å²) < 4.78 is 0. The lowest BCUT2D eigenvalue weighted by Gasteiger charge is -2.22. The molecular formula is C20H19N5O3. The summed E-state index contributed by atoms with van der Waals surface area (Å²) in [4.78, 5) is 45.8. The second kappa shape index (κ2) is 6.49. The van der Waals surface area contributed by atoms with Crippen LogP contribution >= 0.6 is 0 Å². The highest BCUT2D eigenvalue weighted by atomic mass is 16.2. The molecule has 1 aliphatic rings. The SMILES string of the molecule is Cc1ccc([C@@]2(C)NC(=O)N(CC(=O)Nc3nc4ccccc4[nH]3)C2=O)cc1. The van der Waals surface area contributed by atoms with Crippen molar-refractivity contribution in [1.29, 1.82) is 0 Å². The molecule has 1 saturated heterocycles. The van der Waals surface area contributed by atoms with Crippen LogP contribution in [0.4, 0.5) is 10.7 Å². The zero-order valence-electron chi connectivity index (χ0n) is 15.4. The lowest BCUT2D eigenvalue weighted by molar-refractivity contribution is -0.133. The number of hydrogen-bond acceptors (Lipinski definition) is 4. The monoisotopic (exact) mass is 377 g/mol. The van der Waals surface area contributed by atoms with Crippen LogP contribution in [0.2, 0.25) is 0 Å². The molecule has 28 heavy (non-hydrogen) atoms. The molecule has 3 N–H and O–H groups in total. The van der Waals surface area contributed by atoms with Gasteiger partial charge in [0.25, 0.3) is 5.91 Å². The number of imidazole rings is 1. The largest absolute Gasteiger partial charge is 0.325 e. The maximum Gasteiger partial charge on any atom is 0.325 e. The average Bonchev–Trinajstić information content (AvgIpc) is 3.16. The van der Waals surface area contributed by atoms with Gasteiger partial charge in [0.05, 0.1) is 11.0 Å². The minimum atomic E-state index is -1.20. The van der Waals surface area contributed by atoms with Crippen LogP contribution in [-0.4, -0.2) is 39.3 Å². The number of rotatable bonds is 4. The number of H-pyrrole nitrogens is 1. The van der Waals surface area contributed by atoms with E-state index in [1.807, 2.05) is 43.3 Å². The van der Waals surface area contributed by atoms with Crippen LogP contribution in [-0.2, 0) is 15.1 Å². The topological polar surface area (TPSA) is 107 Å². The molecule has 0 bridgehead atoms. The number of amides is 4. The Morgan fingerprint density at radius 3 is 2.57 bits per heavy atom. The van der Waals surface area contributed by atoms with Crippen molar-refractivity contribution in [3.8, 4) is 0 Å². The van der Waals surface area contributed by atoms with E-state index >= 15 is 0 Å². The number of nitrogens with one attached hydrogen (secondary N) is 3. The number of urea groups is 1. The molecule has 0 aliphatic carbocycles. The molecule has 0 unspecified atom stereocenters. The van der Waals surface area contributed by atoms with E-state index < -0.39 is 29.9 Å². The molecule has 0 saturated carbocycles. The molecular weight excluding hydrogens is 358 g/mol. The quantitative estimate of drug-likeness (QED) is 0.606.